The molecule has 1 aromatic rings. The van der Waals surface area contributed by atoms with E-state index < -0.39 is 0 Å². The number of unbranched alkanes of at least 4 members (excludes halogenated alkanes) is 1. The molecule has 96 valence electrons. The smallest absolute Gasteiger partial charge is 0.144 e. The van der Waals surface area contributed by atoms with E-state index in [2.05, 4.69) is 5.32 Å². The summed E-state index contributed by atoms with van der Waals surface area (Å²) in [6, 6.07) is 3.90. The van der Waals surface area contributed by atoms with E-state index in [0.29, 0.717) is 10.8 Å². The monoisotopic (exact) mass is 257 g/mol. The average Bonchev–Trinajstić information content (AvgIpc) is 2.35. The molecule has 3 nitrogen and oxygen atoms in total. The molecule has 0 aliphatic heterocycles. The highest BCUT2D eigenvalue weighted by molar-refractivity contribution is 6.33. The summed E-state index contributed by atoms with van der Waals surface area (Å²) in [6.45, 7) is 1.03. The number of hydrogen-bond acceptors (Lipinski definition) is 3. The second kappa shape index (κ2) is 7.41. The molecule has 1 N–H and O–H groups in total. The molecule has 0 radical (unpaired) electrons. The van der Waals surface area contributed by atoms with Gasteiger partial charge in [-0.3, -0.25) is 0 Å². The van der Waals surface area contributed by atoms with Crippen LogP contribution >= 0.6 is 11.6 Å². The Morgan fingerprint density at radius 3 is 2.53 bits per heavy atom. The molecule has 1 rings (SSSR count). The summed E-state index contributed by atoms with van der Waals surface area (Å²) in [5, 5.41) is 3.69. The summed E-state index contributed by atoms with van der Waals surface area (Å²) in [6.07, 6.45) is 3.22. The molecule has 0 aliphatic carbocycles. The predicted molar refractivity (Wildman–Crippen MR) is 71.4 cm³/mol. The van der Waals surface area contributed by atoms with Gasteiger partial charge in [0.2, 0.25) is 0 Å². The number of methoxy groups -OCH3 is 2. The van der Waals surface area contributed by atoms with Gasteiger partial charge in [0.25, 0.3) is 0 Å². The number of aryl methyl sites for hydroxylation is 1. The summed E-state index contributed by atoms with van der Waals surface area (Å²) in [5.41, 5.74) is 1.13. The molecule has 0 saturated carbocycles. The molecule has 4 heteroatoms. The molecule has 0 atom stereocenters. The van der Waals surface area contributed by atoms with E-state index in [-0.39, 0.29) is 0 Å². The molecule has 0 bridgehead atoms. The second-order valence-electron chi connectivity index (χ2n) is 3.83. The van der Waals surface area contributed by atoms with E-state index in [1.54, 1.807) is 14.2 Å². The third-order valence-corrected chi connectivity index (χ3v) is 3.05. The SMILES string of the molecule is CNCCCCc1ccc(OC)c(Cl)c1OC. The number of rotatable bonds is 7. The molecular weight excluding hydrogens is 238 g/mol. The Bertz CT molecular complexity index is 356. The highest BCUT2D eigenvalue weighted by atomic mass is 35.5. The standard InChI is InChI=1S/C13H20ClNO2/c1-15-9-5-4-6-10-7-8-11(16-2)12(14)13(10)17-3/h7-8,15H,4-6,9H2,1-3H3. The Balaban J connectivity index is 2.74. The van der Waals surface area contributed by atoms with Crippen molar-refractivity contribution in [2.75, 3.05) is 27.8 Å². The van der Waals surface area contributed by atoms with Crippen molar-refractivity contribution >= 4 is 11.6 Å². The van der Waals surface area contributed by atoms with Crippen molar-refractivity contribution in [2.45, 2.75) is 19.3 Å². The van der Waals surface area contributed by atoms with Gasteiger partial charge in [0.15, 0.2) is 0 Å². The van der Waals surface area contributed by atoms with Crippen LogP contribution in [-0.4, -0.2) is 27.8 Å². The second-order valence-corrected chi connectivity index (χ2v) is 4.21. The van der Waals surface area contributed by atoms with Crippen LogP contribution in [0.3, 0.4) is 0 Å². The van der Waals surface area contributed by atoms with Gasteiger partial charge in [-0.05, 0) is 44.5 Å². The van der Waals surface area contributed by atoms with Crippen molar-refractivity contribution < 1.29 is 9.47 Å². The normalized spacial score (nSPS) is 10.4. The van der Waals surface area contributed by atoms with Gasteiger partial charge in [-0.15, -0.1) is 0 Å². The van der Waals surface area contributed by atoms with Gasteiger partial charge in [-0.1, -0.05) is 17.7 Å². The predicted octanol–water partition coefficient (Wildman–Crippen LogP) is 2.90. The van der Waals surface area contributed by atoms with E-state index in [1.165, 1.54) is 0 Å². The van der Waals surface area contributed by atoms with E-state index in [4.69, 9.17) is 21.1 Å². The average molecular weight is 258 g/mol. The molecule has 0 spiro atoms. The van der Waals surface area contributed by atoms with Gasteiger partial charge in [0, 0.05) is 0 Å². The first kappa shape index (κ1) is 14.1. The maximum absolute atomic E-state index is 6.19. The first-order valence-corrected chi connectivity index (χ1v) is 6.16. The first-order chi connectivity index (χ1) is 8.24. The Labute approximate surface area is 108 Å². The molecule has 0 aliphatic rings. The van der Waals surface area contributed by atoms with Crippen LogP contribution in [0, 0.1) is 0 Å². The van der Waals surface area contributed by atoms with Gasteiger partial charge < -0.3 is 14.8 Å². The van der Waals surface area contributed by atoms with E-state index >= 15 is 0 Å². The molecule has 0 fully saturated rings. The minimum atomic E-state index is 0.557. The highest BCUT2D eigenvalue weighted by Crippen LogP contribution is 2.37. The Kier molecular flexibility index (Phi) is 6.16. The lowest BCUT2D eigenvalue weighted by molar-refractivity contribution is 0.391. The van der Waals surface area contributed by atoms with E-state index in [0.717, 1.165) is 37.1 Å². The summed E-state index contributed by atoms with van der Waals surface area (Å²) >= 11 is 6.19. The van der Waals surface area contributed by atoms with Crippen molar-refractivity contribution in [1.82, 2.24) is 5.32 Å². The van der Waals surface area contributed by atoms with Crippen molar-refractivity contribution in [3.8, 4) is 11.5 Å². The maximum atomic E-state index is 6.19. The molecule has 0 saturated heterocycles. The topological polar surface area (TPSA) is 30.5 Å². The zero-order chi connectivity index (χ0) is 12.7. The first-order valence-electron chi connectivity index (χ1n) is 5.78. The highest BCUT2D eigenvalue weighted by Gasteiger charge is 2.12. The fraction of sp³-hybridized carbons (Fsp3) is 0.538. The van der Waals surface area contributed by atoms with Crippen LogP contribution in [0.25, 0.3) is 0 Å². The number of halogens is 1. The zero-order valence-electron chi connectivity index (χ0n) is 10.7. The van der Waals surface area contributed by atoms with Gasteiger partial charge in [-0.25, -0.2) is 0 Å². The fourth-order valence-corrected chi connectivity index (χ4v) is 2.11. The van der Waals surface area contributed by atoms with Crippen LogP contribution in [0.4, 0.5) is 0 Å². The molecule has 0 aromatic heterocycles. The minimum absolute atomic E-state index is 0.557. The summed E-state index contributed by atoms with van der Waals surface area (Å²) in [7, 11) is 5.20. The van der Waals surface area contributed by atoms with Crippen molar-refractivity contribution in [1.29, 1.82) is 0 Å². The van der Waals surface area contributed by atoms with Crippen LogP contribution in [0.2, 0.25) is 5.02 Å². The molecule has 0 unspecified atom stereocenters. The van der Waals surface area contributed by atoms with Crippen LogP contribution in [-0.2, 0) is 6.42 Å². The van der Waals surface area contributed by atoms with E-state index in [9.17, 15) is 0 Å². The summed E-state index contributed by atoms with van der Waals surface area (Å²) in [4.78, 5) is 0. The molecule has 1 aromatic carbocycles. The third-order valence-electron chi connectivity index (χ3n) is 2.69. The number of ether oxygens (including phenoxy) is 2. The third kappa shape index (κ3) is 3.79. The largest absolute Gasteiger partial charge is 0.495 e. The molecular formula is C13H20ClNO2. The number of hydrogen-bond donors (Lipinski definition) is 1. The zero-order valence-corrected chi connectivity index (χ0v) is 11.4. The van der Waals surface area contributed by atoms with Gasteiger partial charge in [-0.2, -0.15) is 0 Å². The number of nitrogens with one attached hydrogen (secondary N) is 1. The Morgan fingerprint density at radius 1 is 1.18 bits per heavy atom. The maximum Gasteiger partial charge on any atom is 0.144 e. The van der Waals surface area contributed by atoms with Gasteiger partial charge in [0.1, 0.15) is 16.5 Å². The molecule has 17 heavy (non-hydrogen) atoms. The number of benzene rings is 1. The summed E-state index contributed by atoms with van der Waals surface area (Å²) < 4.78 is 10.5. The van der Waals surface area contributed by atoms with E-state index in [1.807, 2.05) is 19.2 Å². The Hall–Kier alpha value is -0.930. The lowest BCUT2D eigenvalue weighted by Crippen LogP contribution is -2.07. The quantitative estimate of drug-likeness (QED) is 0.762. The lowest BCUT2D eigenvalue weighted by atomic mass is 10.1. The Morgan fingerprint density at radius 2 is 1.94 bits per heavy atom. The van der Waals surface area contributed by atoms with Crippen LogP contribution in [0.15, 0.2) is 12.1 Å². The lowest BCUT2D eigenvalue weighted by Gasteiger charge is -2.13. The van der Waals surface area contributed by atoms with Crippen molar-refractivity contribution in [3.63, 3.8) is 0 Å². The molecule has 0 heterocycles. The van der Waals surface area contributed by atoms with Gasteiger partial charge >= 0.3 is 0 Å². The van der Waals surface area contributed by atoms with Crippen LogP contribution < -0.4 is 14.8 Å². The van der Waals surface area contributed by atoms with Crippen LogP contribution in [0.5, 0.6) is 11.5 Å². The molecule has 0 amide bonds. The van der Waals surface area contributed by atoms with Crippen molar-refractivity contribution in [3.05, 3.63) is 22.7 Å². The summed E-state index contributed by atoms with van der Waals surface area (Å²) in [5.74, 6) is 1.39. The minimum Gasteiger partial charge on any atom is -0.495 e. The van der Waals surface area contributed by atoms with Gasteiger partial charge in [0.05, 0.1) is 14.2 Å². The van der Waals surface area contributed by atoms with Crippen molar-refractivity contribution in [2.24, 2.45) is 0 Å². The fourth-order valence-electron chi connectivity index (χ4n) is 1.77. The van der Waals surface area contributed by atoms with Crippen LogP contribution in [0.1, 0.15) is 18.4 Å².